The van der Waals surface area contributed by atoms with E-state index in [-0.39, 0.29) is 19.5 Å². The minimum atomic E-state index is 0. The first-order valence-electron chi connectivity index (χ1n) is 2.82. The summed E-state index contributed by atoms with van der Waals surface area (Å²) in [5.74, 6) is 0. The van der Waals surface area contributed by atoms with Gasteiger partial charge in [0, 0.05) is 19.5 Å². The fourth-order valence-electron chi connectivity index (χ4n) is 0.898. The summed E-state index contributed by atoms with van der Waals surface area (Å²) >= 11 is 0. The zero-order chi connectivity index (χ0) is 4.24. The Bertz CT molecular complexity index is 19.7. The average Bonchev–Trinajstić information content (AvgIpc) is 1.72. The van der Waals surface area contributed by atoms with Gasteiger partial charge >= 0.3 is 0 Å². The van der Waals surface area contributed by atoms with E-state index < -0.39 is 0 Å². The molecule has 1 fully saturated rings. The predicted molar refractivity (Wildman–Crippen MR) is 27.4 cm³/mol. The van der Waals surface area contributed by atoms with Crippen LogP contribution in [-0.2, 0) is 19.5 Å². The molecule has 0 bridgehead atoms. The number of hydrogen-bond donors (Lipinski definition) is 0. The fraction of sp³-hybridized carbons (Fsp3) is 0.833. The Morgan fingerprint density at radius 3 is 1.57 bits per heavy atom. The predicted octanol–water partition coefficient (Wildman–Crippen LogP) is 2.15. The Kier molecular flexibility index (Phi) is 5.20. The maximum absolute atomic E-state index is 2.39. The van der Waals surface area contributed by atoms with E-state index in [4.69, 9.17) is 0 Å². The van der Waals surface area contributed by atoms with Crippen LogP contribution in [0, 0.1) is 6.42 Å². The topological polar surface area (TPSA) is 0 Å². The molecule has 0 aromatic rings. The van der Waals surface area contributed by atoms with Gasteiger partial charge in [-0.15, -0.1) is 0 Å². The molecule has 0 heterocycles. The molecule has 0 nitrogen and oxygen atoms in total. The van der Waals surface area contributed by atoms with E-state index in [2.05, 4.69) is 6.42 Å². The Balaban J connectivity index is 0.000000360. The van der Waals surface area contributed by atoms with Crippen molar-refractivity contribution in [1.29, 1.82) is 0 Å². The van der Waals surface area contributed by atoms with E-state index in [1.165, 1.54) is 32.1 Å². The van der Waals surface area contributed by atoms with E-state index in [9.17, 15) is 0 Å². The normalized spacial score (nSPS) is 20.6. The third-order valence-corrected chi connectivity index (χ3v) is 1.32. The first-order valence-corrected chi connectivity index (χ1v) is 2.82. The summed E-state index contributed by atoms with van der Waals surface area (Å²) < 4.78 is 0. The van der Waals surface area contributed by atoms with Crippen LogP contribution in [0.1, 0.15) is 32.1 Å². The van der Waals surface area contributed by atoms with Gasteiger partial charge in [0.15, 0.2) is 0 Å². The fourth-order valence-corrected chi connectivity index (χ4v) is 0.898. The van der Waals surface area contributed by atoms with Crippen LogP contribution in [0.15, 0.2) is 0 Å². The minimum Gasteiger partial charge on any atom is -0.328 e. The SMILES string of the molecule is [CH-]1CCCCC1.[Zn]. The summed E-state index contributed by atoms with van der Waals surface area (Å²) in [7, 11) is 0. The molecule has 0 atom stereocenters. The van der Waals surface area contributed by atoms with Crippen molar-refractivity contribution in [2.45, 2.75) is 32.1 Å². The van der Waals surface area contributed by atoms with Gasteiger partial charge in [0.1, 0.15) is 0 Å². The summed E-state index contributed by atoms with van der Waals surface area (Å²) in [5.41, 5.74) is 0. The van der Waals surface area contributed by atoms with Gasteiger partial charge in [0.05, 0.1) is 0 Å². The quantitative estimate of drug-likeness (QED) is 0.365. The van der Waals surface area contributed by atoms with Gasteiger partial charge < -0.3 is 6.42 Å². The van der Waals surface area contributed by atoms with E-state index >= 15 is 0 Å². The second-order valence-electron chi connectivity index (χ2n) is 1.93. The molecule has 0 saturated heterocycles. The van der Waals surface area contributed by atoms with Crippen molar-refractivity contribution >= 4 is 0 Å². The van der Waals surface area contributed by atoms with Gasteiger partial charge in [-0.3, -0.25) is 0 Å². The Hall–Kier alpha value is 0.623. The van der Waals surface area contributed by atoms with Crippen molar-refractivity contribution in [1.82, 2.24) is 0 Å². The maximum atomic E-state index is 2.39. The molecule has 1 heteroatoms. The maximum Gasteiger partial charge on any atom is 0 e. The van der Waals surface area contributed by atoms with E-state index in [0.717, 1.165) is 0 Å². The first kappa shape index (κ1) is 7.62. The first-order chi connectivity index (χ1) is 3.00. The molecular formula is C6H11Zn-. The molecular weight excluding hydrogens is 137 g/mol. The van der Waals surface area contributed by atoms with Crippen LogP contribution in [0.2, 0.25) is 0 Å². The monoisotopic (exact) mass is 147 g/mol. The Morgan fingerprint density at radius 1 is 0.857 bits per heavy atom. The molecule has 0 radical (unpaired) electrons. The van der Waals surface area contributed by atoms with Crippen LogP contribution >= 0.6 is 0 Å². The number of hydrogen-bond acceptors (Lipinski definition) is 0. The van der Waals surface area contributed by atoms with Crippen LogP contribution in [0.4, 0.5) is 0 Å². The third-order valence-electron chi connectivity index (χ3n) is 1.32. The summed E-state index contributed by atoms with van der Waals surface area (Å²) in [6.45, 7) is 0. The molecule has 0 spiro atoms. The zero-order valence-electron chi connectivity index (χ0n) is 4.82. The average molecular weight is 149 g/mol. The van der Waals surface area contributed by atoms with Crippen molar-refractivity contribution in [3.8, 4) is 0 Å². The second kappa shape index (κ2) is 4.77. The minimum absolute atomic E-state index is 0. The van der Waals surface area contributed by atoms with Gasteiger partial charge in [-0.1, -0.05) is 19.3 Å². The molecule has 0 aliphatic heterocycles. The van der Waals surface area contributed by atoms with Gasteiger partial charge in [-0.25, -0.2) is 0 Å². The molecule has 0 N–H and O–H groups in total. The molecule has 0 unspecified atom stereocenters. The third kappa shape index (κ3) is 3.23. The van der Waals surface area contributed by atoms with Gasteiger partial charge in [0.25, 0.3) is 0 Å². The Labute approximate surface area is 58.4 Å². The van der Waals surface area contributed by atoms with Gasteiger partial charge in [0.2, 0.25) is 0 Å². The zero-order valence-corrected chi connectivity index (χ0v) is 7.79. The molecule has 1 rings (SSSR count). The van der Waals surface area contributed by atoms with Crippen molar-refractivity contribution in [2.75, 3.05) is 0 Å². The molecule has 1 saturated carbocycles. The largest absolute Gasteiger partial charge is 0.328 e. The molecule has 1 aliphatic rings. The van der Waals surface area contributed by atoms with Crippen molar-refractivity contribution in [3.63, 3.8) is 0 Å². The van der Waals surface area contributed by atoms with Gasteiger partial charge in [-0.05, 0) is 0 Å². The van der Waals surface area contributed by atoms with E-state index in [0.29, 0.717) is 0 Å². The summed E-state index contributed by atoms with van der Waals surface area (Å²) in [5, 5.41) is 0. The number of rotatable bonds is 0. The second-order valence-corrected chi connectivity index (χ2v) is 1.93. The smallest absolute Gasteiger partial charge is 0 e. The molecule has 7 heavy (non-hydrogen) atoms. The van der Waals surface area contributed by atoms with Crippen molar-refractivity contribution in [3.05, 3.63) is 6.42 Å². The van der Waals surface area contributed by atoms with Crippen molar-refractivity contribution < 1.29 is 19.5 Å². The van der Waals surface area contributed by atoms with Gasteiger partial charge in [-0.2, -0.15) is 12.8 Å². The molecule has 0 amide bonds. The van der Waals surface area contributed by atoms with Crippen LogP contribution in [0.25, 0.3) is 0 Å². The van der Waals surface area contributed by atoms with Crippen LogP contribution < -0.4 is 0 Å². The molecule has 0 aromatic heterocycles. The van der Waals surface area contributed by atoms with Crippen LogP contribution in [0.5, 0.6) is 0 Å². The van der Waals surface area contributed by atoms with Crippen molar-refractivity contribution in [2.24, 2.45) is 0 Å². The molecule has 38 valence electrons. The van der Waals surface area contributed by atoms with Crippen LogP contribution in [0.3, 0.4) is 0 Å². The molecule has 0 aromatic carbocycles. The summed E-state index contributed by atoms with van der Waals surface area (Å²) in [4.78, 5) is 0. The standard InChI is InChI=1S/C6H11.Zn/c1-2-4-6-5-3-1;/h1H,2-6H2;/q-1;. The van der Waals surface area contributed by atoms with Crippen LogP contribution in [-0.4, -0.2) is 0 Å². The molecule has 1 aliphatic carbocycles. The van der Waals surface area contributed by atoms with E-state index in [1.807, 2.05) is 0 Å². The Morgan fingerprint density at radius 2 is 1.43 bits per heavy atom. The summed E-state index contributed by atoms with van der Waals surface area (Å²) in [6.07, 6.45) is 9.50. The van der Waals surface area contributed by atoms with E-state index in [1.54, 1.807) is 0 Å². The summed E-state index contributed by atoms with van der Waals surface area (Å²) in [6, 6.07) is 0.